The number of amides is 1. The molecular formula is C14H28N2O2. The largest absolute Gasteiger partial charge is 0.396 e. The topological polar surface area (TPSA) is 75.3 Å². The molecule has 1 unspecified atom stereocenters. The zero-order chi connectivity index (χ0) is 13.4. The molecule has 0 radical (unpaired) electrons. The molecule has 1 saturated carbocycles. The number of aliphatic hydroxyl groups is 1. The minimum Gasteiger partial charge on any atom is -0.396 e. The van der Waals surface area contributed by atoms with E-state index in [-0.39, 0.29) is 18.4 Å². The summed E-state index contributed by atoms with van der Waals surface area (Å²) >= 11 is 0. The maximum atomic E-state index is 12.0. The van der Waals surface area contributed by atoms with Gasteiger partial charge in [0.2, 0.25) is 5.91 Å². The molecule has 1 aliphatic carbocycles. The number of rotatable bonds is 7. The minimum atomic E-state index is 0.180. The van der Waals surface area contributed by atoms with Crippen LogP contribution in [0.15, 0.2) is 0 Å². The zero-order valence-electron chi connectivity index (χ0n) is 11.5. The third kappa shape index (κ3) is 4.94. The molecule has 1 aliphatic rings. The summed E-state index contributed by atoms with van der Waals surface area (Å²) < 4.78 is 0. The smallest absolute Gasteiger partial charge is 0.223 e. The van der Waals surface area contributed by atoms with E-state index >= 15 is 0 Å². The number of carbonyl (C=O) groups excluding carboxylic acids is 1. The SMILES string of the molecule is CCC(CCO)CNC(=O)C1CCC(CN)CC1. The van der Waals surface area contributed by atoms with Crippen LogP contribution in [0.2, 0.25) is 0 Å². The number of nitrogens with one attached hydrogen (secondary N) is 1. The van der Waals surface area contributed by atoms with Crippen molar-refractivity contribution in [3.63, 3.8) is 0 Å². The maximum absolute atomic E-state index is 12.0. The Morgan fingerprint density at radius 1 is 1.39 bits per heavy atom. The van der Waals surface area contributed by atoms with Crippen molar-refractivity contribution in [2.75, 3.05) is 19.7 Å². The van der Waals surface area contributed by atoms with Crippen molar-refractivity contribution in [2.45, 2.75) is 45.4 Å². The third-order valence-electron chi connectivity index (χ3n) is 4.23. The van der Waals surface area contributed by atoms with Gasteiger partial charge in [-0.05, 0) is 50.5 Å². The van der Waals surface area contributed by atoms with Crippen LogP contribution >= 0.6 is 0 Å². The quantitative estimate of drug-likeness (QED) is 0.642. The Hall–Kier alpha value is -0.610. The fourth-order valence-corrected chi connectivity index (χ4v) is 2.68. The lowest BCUT2D eigenvalue weighted by Gasteiger charge is -2.27. The van der Waals surface area contributed by atoms with Crippen LogP contribution in [0.25, 0.3) is 0 Å². The van der Waals surface area contributed by atoms with Crippen LogP contribution in [0, 0.1) is 17.8 Å². The fourth-order valence-electron chi connectivity index (χ4n) is 2.68. The molecule has 1 amide bonds. The molecule has 0 heterocycles. The summed E-state index contributed by atoms with van der Waals surface area (Å²) in [5.74, 6) is 1.40. The van der Waals surface area contributed by atoms with Crippen molar-refractivity contribution in [3.05, 3.63) is 0 Å². The Morgan fingerprint density at radius 2 is 2.06 bits per heavy atom. The molecule has 0 aromatic rings. The summed E-state index contributed by atoms with van der Waals surface area (Å²) in [4.78, 5) is 12.0. The second-order valence-corrected chi connectivity index (χ2v) is 5.49. The molecule has 0 aromatic carbocycles. The van der Waals surface area contributed by atoms with E-state index in [0.29, 0.717) is 18.4 Å². The molecule has 0 bridgehead atoms. The molecule has 1 atom stereocenters. The van der Waals surface area contributed by atoms with Gasteiger partial charge in [-0.3, -0.25) is 4.79 Å². The lowest BCUT2D eigenvalue weighted by Crippen LogP contribution is -2.37. The van der Waals surface area contributed by atoms with Crippen molar-refractivity contribution in [3.8, 4) is 0 Å². The molecule has 18 heavy (non-hydrogen) atoms. The highest BCUT2D eigenvalue weighted by Gasteiger charge is 2.25. The molecule has 0 aliphatic heterocycles. The number of nitrogens with two attached hydrogens (primary N) is 1. The summed E-state index contributed by atoms with van der Waals surface area (Å²) in [6.45, 7) is 3.75. The highest BCUT2D eigenvalue weighted by atomic mass is 16.3. The highest BCUT2D eigenvalue weighted by Crippen LogP contribution is 2.28. The van der Waals surface area contributed by atoms with E-state index in [1.807, 2.05) is 0 Å². The zero-order valence-corrected chi connectivity index (χ0v) is 11.5. The molecule has 1 fully saturated rings. The van der Waals surface area contributed by atoms with Gasteiger partial charge in [0.15, 0.2) is 0 Å². The average Bonchev–Trinajstić information content (AvgIpc) is 2.43. The van der Waals surface area contributed by atoms with Crippen molar-refractivity contribution in [1.29, 1.82) is 0 Å². The first-order valence-electron chi connectivity index (χ1n) is 7.29. The fraction of sp³-hybridized carbons (Fsp3) is 0.929. The molecule has 1 rings (SSSR count). The van der Waals surface area contributed by atoms with Gasteiger partial charge in [-0.2, -0.15) is 0 Å². The van der Waals surface area contributed by atoms with Crippen LogP contribution in [0.5, 0.6) is 0 Å². The minimum absolute atomic E-state index is 0.180. The van der Waals surface area contributed by atoms with Crippen LogP contribution in [0.4, 0.5) is 0 Å². The maximum Gasteiger partial charge on any atom is 0.223 e. The Kier molecular flexibility index (Phi) is 7.28. The summed E-state index contributed by atoms with van der Waals surface area (Å²) in [5.41, 5.74) is 5.65. The molecule has 4 heteroatoms. The molecule has 106 valence electrons. The van der Waals surface area contributed by atoms with Crippen molar-refractivity contribution < 1.29 is 9.90 Å². The molecule has 4 nitrogen and oxygen atoms in total. The predicted octanol–water partition coefficient (Wildman–Crippen LogP) is 1.28. The van der Waals surface area contributed by atoms with Crippen molar-refractivity contribution in [1.82, 2.24) is 5.32 Å². The van der Waals surface area contributed by atoms with E-state index in [1.54, 1.807) is 0 Å². The first kappa shape index (κ1) is 15.4. The van der Waals surface area contributed by atoms with Crippen LogP contribution in [-0.2, 0) is 4.79 Å². The Bertz CT molecular complexity index is 238. The van der Waals surface area contributed by atoms with Gasteiger partial charge in [0.05, 0.1) is 0 Å². The van der Waals surface area contributed by atoms with Gasteiger partial charge in [0, 0.05) is 19.1 Å². The van der Waals surface area contributed by atoms with Crippen LogP contribution in [0.3, 0.4) is 0 Å². The van der Waals surface area contributed by atoms with E-state index in [1.165, 1.54) is 0 Å². The number of aliphatic hydroxyl groups excluding tert-OH is 1. The van der Waals surface area contributed by atoms with Gasteiger partial charge in [-0.25, -0.2) is 0 Å². The average molecular weight is 256 g/mol. The summed E-state index contributed by atoms with van der Waals surface area (Å²) in [7, 11) is 0. The van der Waals surface area contributed by atoms with E-state index in [0.717, 1.165) is 45.1 Å². The van der Waals surface area contributed by atoms with E-state index in [2.05, 4.69) is 12.2 Å². The van der Waals surface area contributed by atoms with Gasteiger partial charge < -0.3 is 16.2 Å². The van der Waals surface area contributed by atoms with Gasteiger partial charge in [-0.1, -0.05) is 13.3 Å². The van der Waals surface area contributed by atoms with E-state index < -0.39 is 0 Å². The second kappa shape index (κ2) is 8.48. The molecule has 0 spiro atoms. The normalized spacial score (nSPS) is 25.7. The monoisotopic (exact) mass is 256 g/mol. The van der Waals surface area contributed by atoms with Gasteiger partial charge in [0.1, 0.15) is 0 Å². The Balaban J connectivity index is 2.24. The lowest BCUT2D eigenvalue weighted by molar-refractivity contribution is -0.126. The van der Waals surface area contributed by atoms with Crippen LogP contribution < -0.4 is 11.1 Å². The van der Waals surface area contributed by atoms with E-state index in [4.69, 9.17) is 10.8 Å². The lowest BCUT2D eigenvalue weighted by atomic mass is 9.81. The van der Waals surface area contributed by atoms with Gasteiger partial charge in [0.25, 0.3) is 0 Å². The Labute approximate surface area is 110 Å². The van der Waals surface area contributed by atoms with Crippen LogP contribution in [-0.4, -0.2) is 30.7 Å². The Morgan fingerprint density at radius 3 is 2.56 bits per heavy atom. The first-order valence-corrected chi connectivity index (χ1v) is 7.29. The summed E-state index contributed by atoms with van der Waals surface area (Å²) in [6, 6.07) is 0. The standard InChI is InChI=1S/C14H28N2O2/c1-2-11(7-8-17)10-16-14(18)13-5-3-12(9-15)4-6-13/h11-13,17H,2-10,15H2,1H3,(H,16,18). The van der Waals surface area contributed by atoms with Gasteiger partial charge in [-0.15, -0.1) is 0 Å². The molecular weight excluding hydrogens is 228 g/mol. The first-order chi connectivity index (χ1) is 8.71. The number of hydrogen-bond donors (Lipinski definition) is 3. The number of hydrogen-bond acceptors (Lipinski definition) is 3. The highest BCUT2D eigenvalue weighted by molar-refractivity contribution is 5.78. The van der Waals surface area contributed by atoms with Crippen molar-refractivity contribution in [2.24, 2.45) is 23.5 Å². The molecule has 0 aromatic heterocycles. The third-order valence-corrected chi connectivity index (χ3v) is 4.23. The molecule has 4 N–H and O–H groups in total. The summed E-state index contributed by atoms with van der Waals surface area (Å²) in [6.07, 6.45) is 5.90. The van der Waals surface area contributed by atoms with Crippen LogP contribution in [0.1, 0.15) is 45.4 Å². The number of carbonyl (C=O) groups is 1. The van der Waals surface area contributed by atoms with Gasteiger partial charge >= 0.3 is 0 Å². The molecule has 0 saturated heterocycles. The summed E-state index contributed by atoms with van der Waals surface area (Å²) in [5, 5.41) is 12.0. The second-order valence-electron chi connectivity index (χ2n) is 5.49. The van der Waals surface area contributed by atoms with E-state index in [9.17, 15) is 4.79 Å². The van der Waals surface area contributed by atoms with Crippen molar-refractivity contribution >= 4 is 5.91 Å². The predicted molar refractivity (Wildman–Crippen MR) is 73.0 cm³/mol.